The SMILES string of the molecule is OC1SCC=C(c2ccc(Nc3ncc4c5ccncc5n(C5CCCC5)c4n3)nc2)C1O. The van der Waals surface area contributed by atoms with E-state index >= 15 is 0 Å². The lowest BCUT2D eigenvalue weighted by atomic mass is 10.0. The molecular weight excluding hydrogens is 436 g/mol. The summed E-state index contributed by atoms with van der Waals surface area (Å²) in [5.74, 6) is 1.76. The van der Waals surface area contributed by atoms with Crippen LogP contribution in [0.5, 0.6) is 0 Å². The molecule has 1 aliphatic carbocycles. The molecule has 4 aromatic rings. The Bertz CT molecular complexity index is 1350. The van der Waals surface area contributed by atoms with Crippen LogP contribution in [-0.2, 0) is 0 Å². The summed E-state index contributed by atoms with van der Waals surface area (Å²) >= 11 is 1.32. The summed E-state index contributed by atoms with van der Waals surface area (Å²) in [5.41, 5.74) is 2.70. The number of aliphatic hydroxyl groups is 2. The Morgan fingerprint density at radius 1 is 1.00 bits per heavy atom. The van der Waals surface area contributed by atoms with Crippen LogP contribution in [0.1, 0.15) is 37.3 Å². The molecule has 0 radical (unpaired) electrons. The number of hydrogen-bond donors (Lipinski definition) is 3. The third kappa shape index (κ3) is 3.66. The molecule has 0 bridgehead atoms. The van der Waals surface area contributed by atoms with Crippen LogP contribution in [0.4, 0.5) is 11.8 Å². The van der Waals surface area contributed by atoms with E-state index in [1.165, 1.54) is 24.6 Å². The second kappa shape index (κ2) is 8.40. The van der Waals surface area contributed by atoms with Crippen molar-refractivity contribution in [2.45, 2.75) is 43.3 Å². The molecular formula is C24H24N6O2S. The Kier molecular flexibility index (Phi) is 5.24. The highest BCUT2D eigenvalue weighted by atomic mass is 32.2. The molecule has 2 atom stereocenters. The van der Waals surface area contributed by atoms with Gasteiger partial charge in [-0.15, -0.1) is 11.8 Å². The smallest absolute Gasteiger partial charge is 0.230 e. The molecule has 0 spiro atoms. The number of aliphatic hydroxyl groups excluding tert-OH is 2. The number of aromatic nitrogens is 5. The molecule has 9 heteroatoms. The van der Waals surface area contributed by atoms with Gasteiger partial charge in [0, 0.05) is 41.2 Å². The van der Waals surface area contributed by atoms with Crippen LogP contribution in [0.25, 0.3) is 27.5 Å². The van der Waals surface area contributed by atoms with Gasteiger partial charge in [-0.2, -0.15) is 4.98 Å². The third-order valence-electron chi connectivity index (χ3n) is 6.53. The van der Waals surface area contributed by atoms with Gasteiger partial charge in [0.25, 0.3) is 0 Å². The zero-order valence-electron chi connectivity index (χ0n) is 17.9. The van der Waals surface area contributed by atoms with Crippen molar-refractivity contribution in [3.8, 4) is 0 Å². The van der Waals surface area contributed by atoms with E-state index in [1.807, 2.05) is 42.9 Å². The number of hydrogen-bond acceptors (Lipinski definition) is 8. The number of nitrogens with zero attached hydrogens (tertiary/aromatic N) is 5. The molecule has 2 aliphatic rings. The van der Waals surface area contributed by atoms with E-state index in [9.17, 15) is 10.2 Å². The highest BCUT2D eigenvalue weighted by Crippen LogP contribution is 2.37. The first-order chi connectivity index (χ1) is 16.2. The van der Waals surface area contributed by atoms with Crippen molar-refractivity contribution < 1.29 is 10.2 Å². The van der Waals surface area contributed by atoms with E-state index in [2.05, 4.69) is 24.8 Å². The van der Waals surface area contributed by atoms with Crippen molar-refractivity contribution in [2.24, 2.45) is 0 Å². The molecule has 6 rings (SSSR count). The zero-order chi connectivity index (χ0) is 22.4. The number of anilines is 2. The van der Waals surface area contributed by atoms with Crippen LogP contribution in [0, 0.1) is 0 Å². The highest BCUT2D eigenvalue weighted by Gasteiger charge is 2.26. The van der Waals surface area contributed by atoms with Gasteiger partial charge in [0.1, 0.15) is 23.0 Å². The van der Waals surface area contributed by atoms with Crippen LogP contribution in [-0.4, -0.2) is 52.0 Å². The molecule has 5 heterocycles. The maximum Gasteiger partial charge on any atom is 0.230 e. The van der Waals surface area contributed by atoms with E-state index in [4.69, 9.17) is 4.98 Å². The summed E-state index contributed by atoms with van der Waals surface area (Å²) < 4.78 is 2.33. The first kappa shape index (κ1) is 20.6. The molecule has 2 unspecified atom stereocenters. The van der Waals surface area contributed by atoms with Crippen molar-refractivity contribution in [3.05, 3.63) is 54.6 Å². The average molecular weight is 461 g/mol. The van der Waals surface area contributed by atoms with Gasteiger partial charge in [-0.1, -0.05) is 18.9 Å². The Labute approximate surface area is 194 Å². The van der Waals surface area contributed by atoms with Crippen LogP contribution >= 0.6 is 11.8 Å². The van der Waals surface area contributed by atoms with E-state index in [0.29, 0.717) is 29.1 Å². The Morgan fingerprint density at radius 2 is 1.88 bits per heavy atom. The number of thioether (sulfide) groups is 1. The fourth-order valence-corrected chi connectivity index (χ4v) is 5.70. The highest BCUT2D eigenvalue weighted by molar-refractivity contribution is 8.00. The summed E-state index contributed by atoms with van der Waals surface area (Å²) in [5, 5.41) is 25.5. The van der Waals surface area contributed by atoms with Gasteiger partial charge >= 0.3 is 0 Å². The van der Waals surface area contributed by atoms with Gasteiger partial charge in [-0.3, -0.25) is 4.98 Å². The van der Waals surface area contributed by atoms with E-state index < -0.39 is 11.5 Å². The topological polar surface area (TPSA) is 109 Å². The molecule has 3 N–H and O–H groups in total. The van der Waals surface area contributed by atoms with Crippen molar-refractivity contribution >= 4 is 51.0 Å². The lowest BCUT2D eigenvalue weighted by molar-refractivity contribution is 0.113. The van der Waals surface area contributed by atoms with Crippen molar-refractivity contribution in [2.75, 3.05) is 11.1 Å². The predicted octanol–water partition coefficient (Wildman–Crippen LogP) is 4.04. The lowest BCUT2D eigenvalue weighted by Crippen LogP contribution is -2.27. The second-order valence-electron chi connectivity index (χ2n) is 8.52. The second-order valence-corrected chi connectivity index (χ2v) is 9.67. The zero-order valence-corrected chi connectivity index (χ0v) is 18.7. The van der Waals surface area contributed by atoms with Crippen molar-refractivity contribution in [1.82, 2.24) is 24.5 Å². The van der Waals surface area contributed by atoms with E-state index in [-0.39, 0.29) is 0 Å². The average Bonchev–Trinajstić information content (AvgIpc) is 3.47. The van der Waals surface area contributed by atoms with Gasteiger partial charge < -0.3 is 20.1 Å². The van der Waals surface area contributed by atoms with Crippen molar-refractivity contribution in [3.63, 3.8) is 0 Å². The van der Waals surface area contributed by atoms with E-state index in [0.717, 1.165) is 40.3 Å². The fourth-order valence-electron chi connectivity index (χ4n) is 4.90. The number of rotatable bonds is 4. The Hall–Kier alpha value is -3.01. The number of pyridine rings is 2. The van der Waals surface area contributed by atoms with Crippen LogP contribution in [0.2, 0.25) is 0 Å². The first-order valence-corrected chi connectivity index (χ1v) is 12.3. The van der Waals surface area contributed by atoms with Gasteiger partial charge in [0.05, 0.1) is 11.7 Å². The maximum atomic E-state index is 10.3. The van der Waals surface area contributed by atoms with Gasteiger partial charge in [0.2, 0.25) is 5.95 Å². The molecule has 0 amide bonds. The Balaban J connectivity index is 1.33. The predicted molar refractivity (Wildman–Crippen MR) is 130 cm³/mol. The first-order valence-electron chi connectivity index (χ1n) is 11.2. The van der Waals surface area contributed by atoms with E-state index in [1.54, 1.807) is 6.20 Å². The minimum atomic E-state index is -0.915. The van der Waals surface area contributed by atoms with Crippen LogP contribution in [0.3, 0.4) is 0 Å². The van der Waals surface area contributed by atoms with Gasteiger partial charge in [-0.05, 0) is 42.2 Å². The molecule has 1 saturated carbocycles. The number of fused-ring (bicyclic) bond motifs is 3. The summed E-state index contributed by atoms with van der Waals surface area (Å²) in [4.78, 5) is 18.3. The quantitative estimate of drug-likeness (QED) is 0.419. The summed E-state index contributed by atoms with van der Waals surface area (Å²) in [7, 11) is 0. The monoisotopic (exact) mass is 460 g/mol. The molecule has 4 aromatic heterocycles. The minimum absolute atomic E-state index is 0.429. The molecule has 1 aliphatic heterocycles. The maximum absolute atomic E-state index is 10.3. The fraction of sp³-hybridized carbons (Fsp3) is 0.333. The molecule has 1 fully saturated rings. The molecule has 0 aromatic carbocycles. The largest absolute Gasteiger partial charge is 0.385 e. The summed E-state index contributed by atoms with van der Waals surface area (Å²) in [6.45, 7) is 0. The summed E-state index contributed by atoms with van der Waals surface area (Å²) in [6, 6.07) is 6.18. The van der Waals surface area contributed by atoms with Gasteiger partial charge in [-0.25, -0.2) is 9.97 Å². The van der Waals surface area contributed by atoms with Crippen LogP contribution in [0.15, 0.2) is 49.1 Å². The molecule has 33 heavy (non-hydrogen) atoms. The van der Waals surface area contributed by atoms with Gasteiger partial charge in [0.15, 0.2) is 0 Å². The van der Waals surface area contributed by atoms with Crippen molar-refractivity contribution in [1.29, 1.82) is 0 Å². The normalized spacial score (nSPS) is 21.6. The molecule has 8 nitrogen and oxygen atoms in total. The third-order valence-corrected chi connectivity index (χ3v) is 7.49. The Morgan fingerprint density at radius 3 is 2.70 bits per heavy atom. The lowest BCUT2D eigenvalue weighted by Gasteiger charge is -2.24. The summed E-state index contributed by atoms with van der Waals surface area (Å²) in [6.07, 6.45) is 13.1. The van der Waals surface area contributed by atoms with Crippen LogP contribution < -0.4 is 5.32 Å². The molecule has 168 valence electrons. The molecule has 0 saturated heterocycles. The standard InChI is InChI=1S/C24H24N6O2S/c31-21-16(8-10-33-23(21)32)14-5-6-20(26-11-14)28-24-27-12-18-17-7-9-25-13-19(17)30(22(18)29-24)15-3-1-2-4-15/h5-9,11-13,15,21,23,31-32H,1-4,10H2,(H,26,27,28,29). The minimum Gasteiger partial charge on any atom is -0.385 e. The number of nitrogens with one attached hydrogen (secondary N) is 1.